The van der Waals surface area contributed by atoms with E-state index < -0.39 is 10.8 Å². The van der Waals surface area contributed by atoms with Gasteiger partial charge in [0.25, 0.3) is 11.2 Å². The molecule has 144 valence electrons. The largest absolute Gasteiger partial charge is 0.440 e. The number of hydrogen-bond donors (Lipinski definition) is 1. The smallest absolute Gasteiger partial charge is 0.269 e. The van der Waals surface area contributed by atoms with Crippen molar-refractivity contribution in [3.63, 3.8) is 0 Å². The molecular formula is C19H18N4O5. The van der Waals surface area contributed by atoms with E-state index in [1.54, 1.807) is 19.1 Å². The number of hydrogen-bond acceptors (Lipinski definition) is 7. The summed E-state index contributed by atoms with van der Waals surface area (Å²) in [5.41, 5.74) is 6.73. The van der Waals surface area contributed by atoms with Crippen LogP contribution in [0.5, 0.6) is 5.75 Å². The molecule has 0 aliphatic carbocycles. The molecule has 1 aromatic carbocycles. The maximum Gasteiger partial charge on any atom is 0.269 e. The first kappa shape index (κ1) is 19.1. The fraction of sp³-hybridized carbons (Fsp3) is 0.263. The van der Waals surface area contributed by atoms with Crippen LogP contribution in [0.2, 0.25) is 0 Å². The first-order valence-corrected chi connectivity index (χ1v) is 8.44. The molecule has 1 aromatic heterocycles. The van der Waals surface area contributed by atoms with E-state index in [9.17, 15) is 20.2 Å². The standard InChI is InChI=1S/C19H18N4O5/c1-11-8-15-17(19(24)22(11)6-7-27-2)16(14(10-20)18(21)28-15)12-4-3-5-13(9-12)23(25)26/h3-5,8-9,16H,6-7,21H2,1-2H3/t16-/m1/s1. The number of non-ortho nitro benzene ring substituents is 1. The lowest BCUT2D eigenvalue weighted by Crippen LogP contribution is -2.33. The van der Waals surface area contributed by atoms with Gasteiger partial charge in [-0.1, -0.05) is 12.1 Å². The summed E-state index contributed by atoms with van der Waals surface area (Å²) in [7, 11) is 1.53. The summed E-state index contributed by atoms with van der Waals surface area (Å²) in [6.07, 6.45) is 0. The maximum atomic E-state index is 13.2. The number of nitro groups is 1. The number of rotatable bonds is 5. The summed E-state index contributed by atoms with van der Waals surface area (Å²) in [5, 5.41) is 20.8. The molecule has 0 spiro atoms. The van der Waals surface area contributed by atoms with Crippen LogP contribution < -0.4 is 16.0 Å². The molecule has 0 radical (unpaired) electrons. The predicted molar refractivity (Wildman–Crippen MR) is 99.7 cm³/mol. The summed E-state index contributed by atoms with van der Waals surface area (Å²) in [6.45, 7) is 2.39. The van der Waals surface area contributed by atoms with Crippen LogP contribution in [0.3, 0.4) is 0 Å². The van der Waals surface area contributed by atoms with Crippen LogP contribution in [0.4, 0.5) is 5.69 Å². The van der Waals surface area contributed by atoms with E-state index in [1.807, 2.05) is 6.07 Å². The topological polar surface area (TPSA) is 133 Å². The number of pyridine rings is 1. The van der Waals surface area contributed by atoms with Crippen molar-refractivity contribution in [2.24, 2.45) is 5.73 Å². The number of allylic oxidation sites excluding steroid dienone is 1. The van der Waals surface area contributed by atoms with Crippen LogP contribution in [0.1, 0.15) is 22.7 Å². The lowest BCUT2D eigenvalue weighted by molar-refractivity contribution is -0.384. The average Bonchev–Trinajstić information content (AvgIpc) is 2.67. The van der Waals surface area contributed by atoms with Gasteiger partial charge in [0.1, 0.15) is 17.4 Å². The van der Waals surface area contributed by atoms with E-state index in [1.165, 1.54) is 29.9 Å². The van der Waals surface area contributed by atoms with Crippen LogP contribution in [-0.2, 0) is 11.3 Å². The fourth-order valence-corrected chi connectivity index (χ4v) is 3.30. The number of nitrogens with two attached hydrogens (primary N) is 1. The molecule has 9 nitrogen and oxygen atoms in total. The number of methoxy groups -OCH3 is 1. The second-order valence-corrected chi connectivity index (χ2v) is 6.29. The third kappa shape index (κ3) is 3.21. The number of nitriles is 1. The van der Waals surface area contributed by atoms with Gasteiger partial charge in [-0.25, -0.2) is 0 Å². The van der Waals surface area contributed by atoms with Gasteiger partial charge in [0, 0.05) is 37.5 Å². The zero-order valence-electron chi connectivity index (χ0n) is 15.3. The Morgan fingerprint density at radius 3 is 2.82 bits per heavy atom. The Morgan fingerprint density at radius 2 is 2.18 bits per heavy atom. The van der Waals surface area contributed by atoms with Gasteiger partial charge < -0.3 is 19.8 Å². The van der Waals surface area contributed by atoms with Crippen LogP contribution in [0.25, 0.3) is 0 Å². The number of aryl methyl sites for hydroxylation is 1. The Kier molecular flexibility index (Phi) is 5.15. The van der Waals surface area contributed by atoms with Crippen molar-refractivity contribution in [1.29, 1.82) is 5.26 Å². The first-order chi connectivity index (χ1) is 13.4. The highest BCUT2D eigenvalue weighted by Gasteiger charge is 2.34. The SMILES string of the molecule is COCCn1c(C)cc2c(c1=O)[C@H](c1cccc([N+](=O)[O-])c1)C(C#N)=C(N)O2. The minimum absolute atomic E-state index is 0.0345. The molecule has 0 bridgehead atoms. The molecule has 1 aliphatic rings. The third-order valence-corrected chi connectivity index (χ3v) is 4.62. The molecule has 9 heteroatoms. The van der Waals surface area contributed by atoms with Gasteiger partial charge in [0.2, 0.25) is 5.88 Å². The minimum Gasteiger partial charge on any atom is -0.440 e. The summed E-state index contributed by atoms with van der Waals surface area (Å²) in [4.78, 5) is 23.9. The lowest BCUT2D eigenvalue weighted by Gasteiger charge is -2.27. The normalized spacial score (nSPS) is 15.5. The van der Waals surface area contributed by atoms with Crippen molar-refractivity contribution in [3.05, 3.63) is 79.1 Å². The molecule has 2 N–H and O–H groups in total. The van der Waals surface area contributed by atoms with Gasteiger partial charge >= 0.3 is 0 Å². The third-order valence-electron chi connectivity index (χ3n) is 4.62. The van der Waals surface area contributed by atoms with Crippen molar-refractivity contribution in [2.45, 2.75) is 19.4 Å². The highest BCUT2D eigenvalue weighted by Crippen LogP contribution is 2.41. The van der Waals surface area contributed by atoms with Gasteiger partial charge in [0.05, 0.1) is 23.0 Å². The molecule has 0 saturated heterocycles. The van der Waals surface area contributed by atoms with Crippen LogP contribution >= 0.6 is 0 Å². The lowest BCUT2D eigenvalue weighted by atomic mass is 9.84. The quantitative estimate of drug-likeness (QED) is 0.617. The van der Waals surface area contributed by atoms with E-state index >= 15 is 0 Å². The summed E-state index contributed by atoms with van der Waals surface area (Å²) >= 11 is 0. The Balaban J connectivity index is 2.28. The molecule has 0 unspecified atom stereocenters. The number of nitrogens with zero attached hydrogens (tertiary/aromatic N) is 3. The highest BCUT2D eigenvalue weighted by molar-refractivity contribution is 5.56. The first-order valence-electron chi connectivity index (χ1n) is 8.44. The summed E-state index contributed by atoms with van der Waals surface area (Å²) in [6, 6.07) is 9.45. The number of benzene rings is 1. The van der Waals surface area contributed by atoms with Crippen LogP contribution in [-0.4, -0.2) is 23.2 Å². The monoisotopic (exact) mass is 382 g/mol. The van der Waals surface area contributed by atoms with Crippen molar-refractivity contribution < 1.29 is 14.4 Å². The summed E-state index contributed by atoms with van der Waals surface area (Å²) in [5.74, 6) is -0.750. The van der Waals surface area contributed by atoms with E-state index in [0.717, 1.165) is 0 Å². The average molecular weight is 382 g/mol. The molecule has 2 heterocycles. The number of nitro benzene ring substituents is 1. The number of fused-ring (bicyclic) bond motifs is 1. The van der Waals surface area contributed by atoms with E-state index in [2.05, 4.69) is 0 Å². The Morgan fingerprint density at radius 1 is 1.43 bits per heavy atom. The molecule has 28 heavy (non-hydrogen) atoms. The van der Waals surface area contributed by atoms with Gasteiger partial charge in [-0.2, -0.15) is 5.26 Å². The van der Waals surface area contributed by atoms with Crippen LogP contribution in [0.15, 0.2) is 46.6 Å². The predicted octanol–water partition coefficient (Wildman–Crippen LogP) is 1.93. The van der Waals surface area contributed by atoms with Gasteiger partial charge in [0.15, 0.2) is 0 Å². The minimum atomic E-state index is -0.865. The van der Waals surface area contributed by atoms with E-state index in [-0.39, 0.29) is 34.0 Å². The van der Waals surface area contributed by atoms with Crippen molar-refractivity contribution in [3.8, 4) is 11.8 Å². The Hall–Kier alpha value is -3.64. The van der Waals surface area contributed by atoms with Crippen LogP contribution in [0, 0.1) is 28.4 Å². The molecule has 0 amide bonds. The Bertz CT molecular complexity index is 1080. The second-order valence-electron chi connectivity index (χ2n) is 6.29. The fourth-order valence-electron chi connectivity index (χ4n) is 3.30. The highest BCUT2D eigenvalue weighted by atomic mass is 16.6. The van der Waals surface area contributed by atoms with Gasteiger partial charge in [-0.3, -0.25) is 14.9 Å². The van der Waals surface area contributed by atoms with E-state index in [0.29, 0.717) is 24.4 Å². The van der Waals surface area contributed by atoms with Crippen molar-refractivity contribution >= 4 is 5.69 Å². The van der Waals surface area contributed by atoms with E-state index in [4.69, 9.17) is 15.2 Å². The molecule has 0 fully saturated rings. The maximum absolute atomic E-state index is 13.2. The number of aromatic nitrogens is 1. The molecular weight excluding hydrogens is 364 g/mol. The zero-order valence-corrected chi connectivity index (χ0v) is 15.3. The molecule has 0 saturated carbocycles. The molecule has 1 atom stereocenters. The molecule has 2 aromatic rings. The zero-order chi connectivity index (χ0) is 20.4. The Labute approximate surface area is 160 Å². The number of ether oxygens (including phenoxy) is 2. The molecule has 3 rings (SSSR count). The van der Waals surface area contributed by atoms with Crippen molar-refractivity contribution in [2.75, 3.05) is 13.7 Å². The second kappa shape index (κ2) is 7.54. The van der Waals surface area contributed by atoms with Gasteiger partial charge in [-0.15, -0.1) is 0 Å². The molecule has 1 aliphatic heterocycles. The van der Waals surface area contributed by atoms with Gasteiger partial charge in [-0.05, 0) is 12.5 Å². The summed E-state index contributed by atoms with van der Waals surface area (Å²) < 4.78 is 12.1. The van der Waals surface area contributed by atoms with Crippen molar-refractivity contribution in [1.82, 2.24) is 4.57 Å².